The van der Waals surface area contributed by atoms with E-state index < -0.39 is 0 Å². The van der Waals surface area contributed by atoms with Gasteiger partial charge in [-0.05, 0) is 25.0 Å². The normalized spacial score (nSPS) is 27.0. The predicted octanol–water partition coefficient (Wildman–Crippen LogP) is 1.24. The lowest BCUT2D eigenvalue weighted by atomic mass is 10.4. The lowest BCUT2D eigenvalue weighted by Gasteiger charge is -1.99. The standard InChI is InChI=1S/C8H9N2/c1-2-6-9-8(3-1)10-7-4-5-7/h1-3,6-7H,4-5H2. The summed E-state index contributed by atoms with van der Waals surface area (Å²) in [6.45, 7) is 0. The van der Waals surface area contributed by atoms with Crippen molar-refractivity contribution >= 4 is 5.84 Å². The lowest BCUT2D eigenvalue weighted by Crippen LogP contribution is -2.09. The van der Waals surface area contributed by atoms with Crippen molar-refractivity contribution in [3.05, 3.63) is 24.4 Å². The highest BCUT2D eigenvalue weighted by Crippen LogP contribution is 2.23. The van der Waals surface area contributed by atoms with E-state index in [-0.39, 0.29) is 0 Å². The minimum atomic E-state index is 0.579. The summed E-state index contributed by atoms with van der Waals surface area (Å²) in [4.78, 5) is 4.36. The molecule has 10 heavy (non-hydrogen) atoms. The zero-order valence-electron chi connectivity index (χ0n) is 5.70. The van der Waals surface area contributed by atoms with Gasteiger partial charge in [0.15, 0.2) is 0 Å². The van der Waals surface area contributed by atoms with Crippen molar-refractivity contribution in [1.29, 1.82) is 0 Å². The number of rotatable bonds is 1. The Hall–Kier alpha value is -1.05. The van der Waals surface area contributed by atoms with Crippen molar-refractivity contribution in [3.8, 4) is 0 Å². The molecule has 1 fully saturated rings. The molecule has 2 rings (SSSR count). The van der Waals surface area contributed by atoms with Gasteiger partial charge in [0.2, 0.25) is 0 Å². The van der Waals surface area contributed by atoms with Crippen LogP contribution in [0.1, 0.15) is 12.8 Å². The van der Waals surface area contributed by atoms with Crippen molar-refractivity contribution in [2.75, 3.05) is 0 Å². The van der Waals surface area contributed by atoms with Crippen LogP contribution in [0.25, 0.3) is 0 Å². The molecule has 0 N–H and O–H groups in total. The summed E-state index contributed by atoms with van der Waals surface area (Å²) < 4.78 is 0. The minimum Gasteiger partial charge on any atom is -0.263 e. The predicted molar refractivity (Wildman–Crippen MR) is 40.9 cm³/mol. The molecule has 0 amide bonds. The molecule has 1 heterocycles. The van der Waals surface area contributed by atoms with Gasteiger partial charge in [-0.1, -0.05) is 6.08 Å². The quantitative estimate of drug-likeness (QED) is 0.514. The molecule has 0 saturated heterocycles. The van der Waals surface area contributed by atoms with Gasteiger partial charge in [0.05, 0.1) is 6.04 Å². The van der Waals surface area contributed by atoms with Crippen LogP contribution in [-0.2, 0) is 0 Å². The molecule has 0 unspecified atom stereocenters. The molecule has 2 heteroatoms. The first-order valence-corrected chi connectivity index (χ1v) is 3.57. The number of nitrogens with zero attached hydrogens (tertiary/aromatic N) is 2. The Labute approximate surface area is 60.3 Å². The summed E-state index contributed by atoms with van der Waals surface area (Å²) in [6.07, 6.45) is 10.1. The highest BCUT2D eigenvalue weighted by molar-refractivity contribution is 5.94. The summed E-state index contributed by atoms with van der Waals surface area (Å²) in [5.74, 6) is 0.880. The molecule has 2 aliphatic rings. The molecule has 0 aromatic rings. The van der Waals surface area contributed by atoms with E-state index in [1.807, 2.05) is 18.2 Å². The van der Waals surface area contributed by atoms with Gasteiger partial charge in [0.1, 0.15) is 5.84 Å². The van der Waals surface area contributed by atoms with Gasteiger partial charge in [-0.2, -0.15) is 0 Å². The summed E-state index contributed by atoms with van der Waals surface area (Å²) in [5.41, 5.74) is 0. The van der Waals surface area contributed by atoms with Gasteiger partial charge in [0.25, 0.3) is 0 Å². The molecule has 1 saturated carbocycles. The van der Waals surface area contributed by atoms with Crippen LogP contribution < -0.4 is 5.32 Å². The molecule has 0 spiro atoms. The topological polar surface area (TPSA) is 26.5 Å². The van der Waals surface area contributed by atoms with E-state index in [0.29, 0.717) is 6.04 Å². The zero-order chi connectivity index (χ0) is 6.81. The van der Waals surface area contributed by atoms with Crippen LogP contribution in [-0.4, -0.2) is 11.9 Å². The first-order chi connectivity index (χ1) is 4.95. The highest BCUT2D eigenvalue weighted by atomic mass is 15.0. The molecule has 1 aliphatic carbocycles. The summed E-state index contributed by atoms with van der Waals surface area (Å²) in [7, 11) is 0. The van der Waals surface area contributed by atoms with E-state index >= 15 is 0 Å². The smallest absolute Gasteiger partial charge is 0.147 e. The molecular weight excluding hydrogens is 124 g/mol. The monoisotopic (exact) mass is 133 g/mol. The Morgan fingerprint density at radius 3 is 2.90 bits per heavy atom. The number of aliphatic imine (C=N–C) groups is 1. The van der Waals surface area contributed by atoms with E-state index in [9.17, 15) is 0 Å². The SMILES string of the molecule is C1=C[N]C(=NC2CC2)C=C1. The summed E-state index contributed by atoms with van der Waals surface area (Å²) in [6, 6.07) is 0.579. The molecule has 2 nitrogen and oxygen atoms in total. The second-order valence-electron chi connectivity index (χ2n) is 2.55. The van der Waals surface area contributed by atoms with Crippen LogP contribution in [0.3, 0.4) is 0 Å². The van der Waals surface area contributed by atoms with Gasteiger partial charge >= 0.3 is 0 Å². The Kier molecular flexibility index (Phi) is 1.31. The highest BCUT2D eigenvalue weighted by Gasteiger charge is 2.20. The summed E-state index contributed by atoms with van der Waals surface area (Å²) in [5, 5.41) is 4.09. The number of amidine groups is 1. The van der Waals surface area contributed by atoms with Crippen molar-refractivity contribution in [3.63, 3.8) is 0 Å². The molecule has 0 atom stereocenters. The van der Waals surface area contributed by atoms with Gasteiger partial charge in [-0.3, -0.25) is 4.99 Å². The zero-order valence-corrected chi connectivity index (χ0v) is 5.70. The van der Waals surface area contributed by atoms with Crippen LogP contribution >= 0.6 is 0 Å². The number of allylic oxidation sites excluding steroid dienone is 2. The average Bonchev–Trinajstić information content (AvgIpc) is 2.74. The van der Waals surface area contributed by atoms with Crippen LogP contribution in [0.5, 0.6) is 0 Å². The fourth-order valence-electron chi connectivity index (χ4n) is 0.821. The van der Waals surface area contributed by atoms with Crippen molar-refractivity contribution in [2.24, 2.45) is 4.99 Å². The maximum Gasteiger partial charge on any atom is 0.147 e. The van der Waals surface area contributed by atoms with Crippen LogP contribution in [0.4, 0.5) is 0 Å². The molecule has 0 bridgehead atoms. The van der Waals surface area contributed by atoms with Crippen molar-refractivity contribution < 1.29 is 0 Å². The van der Waals surface area contributed by atoms with Gasteiger partial charge in [-0.15, -0.1) is 0 Å². The Morgan fingerprint density at radius 2 is 2.30 bits per heavy atom. The third-order valence-electron chi connectivity index (χ3n) is 1.51. The maximum absolute atomic E-state index is 4.36. The molecular formula is C8H9N2. The molecule has 1 aliphatic heterocycles. The first kappa shape index (κ1) is 5.71. The first-order valence-electron chi connectivity index (χ1n) is 3.57. The lowest BCUT2D eigenvalue weighted by molar-refractivity contribution is 1.04. The van der Waals surface area contributed by atoms with Gasteiger partial charge in [-0.25, -0.2) is 5.32 Å². The Morgan fingerprint density at radius 1 is 1.40 bits per heavy atom. The minimum absolute atomic E-state index is 0.579. The average molecular weight is 133 g/mol. The second kappa shape index (κ2) is 2.29. The Bertz CT molecular complexity index is 209. The fraction of sp³-hybridized carbons (Fsp3) is 0.375. The molecule has 0 aromatic carbocycles. The number of hydrogen-bond donors (Lipinski definition) is 0. The third-order valence-corrected chi connectivity index (χ3v) is 1.51. The van der Waals surface area contributed by atoms with Crippen LogP contribution in [0.2, 0.25) is 0 Å². The molecule has 1 radical (unpaired) electrons. The molecule has 51 valence electrons. The second-order valence-corrected chi connectivity index (χ2v) is 2.55. The van der Waals surface area contributed by atoms with Crippen LogP contribution in [0, 0.1) is 0 Å². The van der Waals surface area contributed by atoms with Gasteiger partial charge in [0, 0.05) is 6.20 Å². The Balaban J connectivity index is 2.03. The van der Waals surface area contributed by atoms with E-state index in [1.54, 1.807) is 6.20 Å². The summed E-state index contributed by atoms with van der Waals surface area (Å²) >= 11 is 0. The van der Waals surface area contributed by atoms with E-state index in [1.165, 1.54) is 12.8 Å². The third kappa shape index (κ3) is 1.26. The van der Waals surface area contributed by atoms with E-state index in [2.05, 4.69) is 10.3 Å². The largest absolute Gasteiger partial charge is 0.263 e. The van der Waals surface area contributed by atoms with Crippen molar-refractivity contribution in [1.82, 2.24) is 5.32 Å². The number of hydrogen-bond acceptors (Lipinski definition) is 1. The van der Waals surface area contributed by atoms with E-state index in [4.69, 9.17) is 0 Å². The van der Waals surface area contributed by atoms with Gasteiger partial charge < -0.3 is 0 Å². The molecule has 0 aromatic heterocycles. The maximum atomic E-state index is 4.36. The fourth-order valence-corrected chi connectivity index (χ4v) is 0.821. The van der Waals surface area contributed by atoms with E-state index in [0.717, 1.165) is 5.84 Å². The van der Waals surface area contributed by atoms with Crippen molar-refractivity contribution in [2.45, 2.75) is 18.9 Å². The van der Waals surface area contributed by atoms with Crippen LogP contribution in [0.15, 0.2) is 29.4 Å².